The van der Waals surface area contributed by atoms with Crippen LogP contribution in [0.4, 0.5) is 0 Å². The smallest absolute Gasteiger partial charge is 0.120 e. The third-order valence-electron chi connectivity index (χ3n) is 2.89. The van der Waals surface area contributed by atoms with Crippen LogP contribution in [0.3, 0.4) is 0 Å². The fraction of sp³-hybridized carbons (Fsp3) is 0.267. The summed E-state index contributed by atoms with van der Waals surface area (Å²) in [5.41, 5.74) is 2.49. The average Bonchev–Trinajstić information content (AvgIpc) is 2.70. The number of hydrogen-bond donors (Lipinski definition) is 0. The van der Waals surface area contributed by atoms with Gasteiger partial charge in [0.25, 0.3) is 0 Å². The van der Waals surface area contributed by atoms with E-state index in [1.54, 1.807) is 0 Å². The van der Waals surface area contributed by atoms with Crippen LogP contribution in [-0.2, 0) is 11.3 Å². The summed E-state index contributed by atoms with van der Waals surface area (Å²) in [6.45, 7) is 2.93. The van der Waals surface area contributed by atoms with Crippen molar-refractivity contribution in [3.05, 3.63) is 42.1 Å². The fourth-order valence-corrected chi connectivity index (χ4v) is 2.12. The lowest BCUT2D eigenvalue weighted by molar-refractivity contribution is -0.107. The molecule has 1 aromatic carbocycles. The van der Waals surface area contributed by atoms with E-state index in [1.807, 2.05) is 6.92 Å². The Labute approximate surface area is 102 Å². The number of allylic oxidation sites excluding steroid dienone is 1. The Morgan fingerprint density at radius 3 is 2.88 bits per heavy atom. The van der Waals surface area contributed by atoms with E-state index >= 15 is 0 Å². The third kappa shape index (κ3) is 2.47. The Kier molecular flexibility index (Phi) is 3.76. The van der Waals surface area contributed by atoms with Crippen molar-refractivity contribution in [1.82, 2.24) is 4.57 Å². The van der Waals surface area contributed by atoms with Crippen molar-refractivity contribution in [3.63, 3.8) is 0 Å². The molecule has 0 amide bonds. The van der Waals surface area contributed by atoms with Gasteiger partial charge in [-0.3, -0.25) is 0 Å². The minimum atomic E-state index is 0.630. The number of rotatable bonds is 5. The lowest BCUT2D eigenvalue weighted by Gasteiger charge is -2.02. The molecule has 2 rings (SSSR count). The summed E-state index contributed by atoms with van der Waals surface area (Å²) in [6, 6.07) is 8.38. The summed E-state index contributed by atoms with van der Waals surface area (Å²) in [6.07, 6.45) is 8.85. The van der Waals surface area contributed by atoms with Gasteiger partial charge in [-0.2, -0.15) is 0 Å². The number of para-hydroxylation sites is 1. The van der Waals surface area contributed by atoms with E-state index < -0.39 is 0 Å². The molecule has 17 heavy (non-hydrogen) atoms. The number of unbranched alkanes of at least 4 members (excludes halogenated alkanes) is 1. The summed E-state index contributed by atoms with van der Waals surface area (Å²) in [5, 5.41) is 1.27. The highest BCUT2D eigenvalue weighted by atomic mass is 16.1. The molecule has 2 heteroatoms. The van der Waals surface area contributed by atoms with Crippen LogP contribution in [0.15, 0.2) is 36.5 Å². The highest BCUT2D eigenvalue weighted by molar-refractivity contribution is 5.89. The van der Waals surface area contributed by atoms with Gasteiger partial charge in [0.05, 0.1) is 0 Å². The summed E-state index contributed by atoms with van der Waals surface area (Å²) in [4.78, 5) is 10.3. The van der Waals surface area contributed by atoms with Gasteiger partial charge in [0, 0.05) is 30.1 Å². The van der Waals surface area contributed by atoms with E-state index in [0.29, 0.717) is 6.42 Å². The normalized spacial score (nSPS) is 11.4. The van der Waals surface area contributed by atoms with Crippen molar-refractivity contribution in [2.24, 2.45) is 0 Å². The molecule has 0 spiro atoms. The highest BCUT2D eigenvalue weighted by Gasteiger charge is 2.04. The molecule has 0 bridgehead atoms. The predicted molar refractivity (Wildman–Crippen MR) is 71.9 cm³/mol. The number of carbonyl (C=O) groups excluding carboxylic acids is 1. The molecule has 88 valence electrons. The van der Waals surface area contributed by atoms with Crippen LogP contribution < -0.4 is 0 Å². The molecule has 0 aliphatic carbocycles. The van der Waals surface area contributed by atoms with Crippen molar-refractivity contribution in [2.75, 3.05) is 0 Å². The average molecular weight is 227 g/mol. The SMILES string of the molecule is C/C=C/c1cn(CCCC=O)c2ccccc12. The van der Waals surface area contributed by atoms with Gasteiger partial charge in [0.1, 0.15) is 6.29 Å². The Hall–Kier alpha value is -1.83. The van der Waals surface area contributed by atoms with Gasteiger partial charge in [-0.25, -0.2) is 0 Å². The van der Waals surface area contributed by atoms with Crippen LogP contribution in [0, 0.1) is 0 Å². The van der Waals surface area contributed by atoms with E-state index in [1.165, 1.54) is 16.5 Å². The molecule has 0 aliphatic rings. The summed E-state index contributed by atoms with van der Waals surface area (Å²) in [5.74, 6) is 0. The van der Waals surface area contributed by atoms with Crippen LogP contribution in [0.5, 0.6) is 0 Å². The quantitative estimate of drug-likeness (QED) is 0.564. The molecule has 1 heterocycles. The molecule has 0 N–H and O–H groups in total. The first-order valence-corrected chi connectivity index (χ1v) is 6.01. The maximum absolute atomic E-state index is 10.3. The molecule has 0 aliphatic heterocycles. The minimum Gasteiger partial charge on any atom is -0.347 e. The van der Waals surface area contributed by atoms with Crippen LogP contribution >= 0.6 is 0 Å². The molecule has 2 nitrogen and oxygen atoms in total. The Morgan fingerprint density at radius 2 is 2.12 bits per heavy atom. The topological polar surface area (TPSA) is 22.0 Å². The van der Waals surface area contributed by atoms with E-state index in [9.17, 15) is 4.79 Å². The summed E-state index contributed by atoms with van der Waals surface area (Å²) >= 11 is 0. The number of aryl methyl sites for hydroxylation is 1. The zero-order valence-corrected chi connectivity index (χ0v) is 10.1. The van der Waals surface area contributed by atoms with Gasteiger partial charge >= 0.3 is 0 Å². The number of carbonyl (C=O) groups is 1. The maximum atomic E-state index is 10.3. The molecular formula is C15H17NO. The number of nitrogens with zero attached hydrogens (tertiary/aromatic N) is 1. The lowest BCUT2D eigenvalue weighted by Crippen LogP contribution is -1.95. The first-order valence-electron chi connectivity index (χ1n) is 6.01. The minimum absolute atomic E-state index is 0.630. The largest absolute Gasteiger partial charge is 0.347 e. The van der Waals surface area contributed by atoms with E-state index in [2.05, 4.69) is 47.2 Å². The predicted octanol–water partition coefficient (Wildman–Crippen LogP) is 3.65. The molecule has 1 aromatic heterocycles. The van der Waals surface area contributed by atoms with Crippen molar-refractivity contribution in [1.29, 1.82) is 0 Å². The van der Waals surface area contributed by atoms with Crippen LogP contribution in [0.2, 0.25) is 0 Å². The second kappa shape index (κ2) is 5.48. The second-order valence-corrected chi connectivity index (χ2v) is 4.10. The molecule has 0 atom stereocenters. The Balaban J connectivity index is 2.38. The van der Waals surface area contributed by atoms with E-state index in [-0.39, 0.29) is 0 Å². The van der Waals surface area contributed by atoms with Crippen molar-refractivity contribution in [2.45, 2.75) is 26.3 Å². The van der Waals surface area contributed by atoms with Gasteiger partial charge in [-0.05, 0) is 25.0 Å². The number of aldehydes is 1. The monoisotopic (exact) mass is 227 g/mol. The third-order valence-corrected chi connectivity index (χ3v) is 2.89. The van der Waals surface area contributed by atoms with Crippen molar-refractivity contribution >= 4 is 23.3 Å². The van der Waals surface area contributed by atoms with Gasteiger partial charge in [0.2, 0.25) is 0 Å². The number of benzene rings is 1. The molecular weight excluding hydrogens is 210 g/mol. The molecule has 2 aromatic rings. The molecule has 0 unspecified atom stereocenters. The number of fused-ring (bicyclic) bond motifs is 1. The summed E-state index contributed by atoms with van der Waals surface area (Å²) < 4.78 is 2.23. The Bertz CT molecular complexity index is 537. The summed E-state index contributed by atoms with van der Waals surface area (Å²) in [7, 11) is 0. The van der Waals surface area contributed by atoms with Crippen LogP contribution in [0.1, 0.15) is 25.3 Å². The maximum Gasteiger partial charge on any atom is 0.120 e. The Morgan fingerprint density at radius 1 is 1.29 bits per heavy atom. The zero-order chi connectivity index (χ0) is 12.1. The van der Waals surface area contributed by atoms with Crippen LogP contribution in [-0.4, -0.2) is 10.9 Å². The highest BCUT2D eigenvalue weighted by Crippen LogP contribution is 2.22. The van der Waals surface area contributed by atoms with Gasteiger partial charge in [-0.15, -0.1) is 0 Å². The first kappa shape index (κ1) is 11.6. The number of hydrogen-bond acceptors (Lipinski definition) is 1. The van der Waals surface area contributed by atoms with E-state index in [0.717, 1.165) is 19.3 Å². The van der Waals surface area contributed by atoms with Gasteiger partial charge in [0.15, 0.2) is 0 Å². The fourth-order valence-electron chi connectivity index (χ4n) is 2.12. The molecule has 0 radical (unpaired) electrons. The molecule has 0 saturated carbocycles. The first-order chi connectivity index (χ1) is 8.36. The standard InChI is InChI=1S/C15H17NO/c1-2-7-13-12-16(10-5-6-11-17)15-9-4-3-8-14(13)15/h2-4,7-9,11-12H,5-6,10H2,1H3/b7-2+. The number of aromatic nitrogens is 1. The molecule has 0 saturated heterocycles. The van der Waals surface area contributed by atoms with Crippen molar-refractivity contribution in [3.8, 4) is 0 Å². The van der Waals surface area contributed by atoms with Gasteiger partial charge < -0.3 is 9.36 Å². The van der Waals surface area contributed by atoms with Crippen molar-refractivity contribution < 1.29 is 4.79 Å². The molecule has 0 fully saturated rings. The van der Waals surface area contributed by atoms with Crippen LogP contribution in [0.25, 0.3) is 17.0 Å². The lowest BCUT2D eigenvalue weighted by atomic mass is 10.2. The van der Waals surface area contributed by atoms with E-state index in [4.69, 9.17) is 0 Å². The zero-order valence-electron chi connectivity index (χ0n) is 10.1. The van der Waals surface area contributed by atoms with Gasteiger partial charge in [-0.1, -0.05) is 30.4 Å². The second-order valence-electron chi connectivity index (χ2n) is 4.10.